The average molecular weight is 341 g/mol. The van der Waals surface area contributed by atoms with E-state index in [0.717, 1.165) is 25.7 Å². The highest BCUT2D eigenvalue weighted by atomic mass is 16.5. The van der Waals surface area contributed by atoms with Crippen molar-refractivity contribution in [2.24, 2.45) is 5.41 Å². The van der Waals surface area contributed by atoms with Gasteiger partial charge in [0, 0.05) is 19.8 Å². The minimum atomic E-state index is -0.290. The summed E-state index contributed by atoms with van der Waals surface area (Å²) in [4.78, 5) is 0. The van der Waals surface area contributed by atoms with Crippen molar-refractivity contribution in [2.75, 3.05) is 52.9 Å². The highest BCUT2D eigenvalue weighted by molar-refractivity contribution is 4.80. The van der Waals surface area contributed by atoms with Crippen molar-refractivity contribution in [3.05, 3.63) is 38.0 Å². The van der Waals surface area contributed by atoms with E-state index in [1.54, 1.807) is 6.08 Å². The summed E-state index contributed by atoms with van der Waals surface area (Å²) in [5.74, 6) is 0. The Morgan fingerprint density at radius 3 is 1.67 bits per heavy atom. The fraction of sp³-hybridized carbons (Fsp3) is 0.700. The summed E-state index contributed by atoms with van der Waals surface area (Å²) in [6.07, 6.45) is 9.44. The molecule has 24 heavy (non-hydrogen) atoms. The van der Waals surface area contributed by atoms with E-state index < -0.39 is 0 Å². The lowest BCUT2D eigenvalue weighted by atomic mass is 9.92. The van der Waals surface area contributed by atoms with Crippen LogP contribution in [0.3, 0.4) is 0 Å². The molecule has 0 saturated heterocycles. The second-order valence-corrected chi connectivity index (χ2v) is 5.91. The molecular weight excluding hydrogens is 304 g/mol. The van der Waals surface area contributed by atoms with Gasteiger partial charge in [0.1, 0.15) is 0 Å². The molecule has 0 bridgehead atoms. The van der Waals surface area contributed by atoms with Crippen molar-refractivity contribution < 1.29 is 18.9 Å². The van der Waals surface area contributed by atoms with Crippen LogP contribution in [0.25, 0.3) is 0 Å². The van der Waals surface area contributed by atoms with E-state index in [1.165, 1.54) is 0 Å². The van der Waals surface area contributed by atoms with Gasteiger partial charge < -0.3 is 18.9 Å². The number of ether oxygens (including phenoxy) is 4. The Hall–Kier alpha value is -0.940. The summed E-state index contributed by atoms with van der Waals surface area (Å²) >= 11 is 0. The lowest BCUT2D eigenvalue weighted by molar-refractivity contribution is -0.103. The highest BCUT2D eigenvalue weighted by Crippen LogP contribution is 2.21. The molecule has 0 saturated carbocycles. The molecule has 0 spiro atoms. The van der Waals surface area contributed by atoms with Crippen LogP contribution in [0.15, 0.2) is 38.0 Å². The Morgan fingerprint density at radius 1 is 0.708 bits per heavy atom. The number of rotatable bonds is 19. The van der Waals surface area contributed by atoms with Crippen molar-refractivity contribution in [1.29, 1.82) is 0 Å². The summed E-state index contributed by atoms with van der Waals surface area (Å²) < 4.78 is 23.2. The first-order valence-corrected chi connectivity index (χ1v) is 8.88. The molecular formula is C20H36O4. The fourth-order valence-corrected chi connectivity index (χ4v) is 2.16. The van der Waals surface area contributed by atoms with Gasteiger partial charge in [-0.25, -0.2) is 0 Å². The molecule has 0 aromatic carbocycles. The zero-order chi connectivity index (χ0) is 17.9. The minimum absolute atomic E-state index is 0.290. The lowest BCUT2D eigenvalue weighted by Crippen LogP contribution is -2.42. The normalized spacial score (nSPS) is 11.4. The molecule has 0 N–H and O–H groups in total. The maximum absolute atomic E-state index is 5.88. The van der Waals surface area contributed by atoms with Crippen LogP contribution in [0, 0.1) is 5.41 Å². The second-order valence-electron chi connectivity index (χ2n) is 5.91. The molecule has 0 heterocycles. The number of hydrogen-bond donors (Lipinski definition) is 0. The molecule has 0 aromatic rings. The number of unbranched alkanes of at least 4 members (excludes halogenated alkanes) is 2. The molecule has 4 nitrogen and oxygen atoms in total. The first-order chi connectivity index (χ1) is 11.7. The van der Waals surface area contributed by atoms with E-state index in [-0.39, 0.29) is 5.41 Å². The standard InChI is InChI=1S/C20H36O4/c1-5-9-11-14-23-18-20(16-21-8-4,17-22-13-7-3)19-24-15-12-10-6-2/h5-7H,1-3,8-19H2,4H3. The van der Waals surface area contributed by atoms with Gasteiger partial charge in [-0.3, -0.25) is 0 Å². The molecule has 0 atom stereocenters. The van der Waals surface area contributed by atoms with E-state index in [9.17, 15) is 0 Å². The molecule has 0 aliphatic heterocycles. The topological polar surface area (TPSA) is 36.9 Å². The largest absolute Gasteiger partial charge is 0.381 e. The van der Waals surface area contributed by atoms with Gasteiger partial charge in [-0.2, -0.15) is 0 Å². The predicted molar refractivity (Wildman–Crippen MR) is 100 cm³/mol. The Bertz CT molecular complexity index is 297. The third-order valence-corrected chi connectivity index (χ3v) is 3.47. The molecule has 0 aliphatic carbocycles. The summed E-state index contributed by atoms with van der Waals surface area (Å²) in [7, 11) is 0. The van der Waals surface area contributed by atoms with Crippen LogP contribution in [0.5, 0.6) is 0 Å². The van der Waals surface area contributed by atoms with Gasteiger partial charge in [0.05, 0.1) is 38.4 Å². The molecule has 0 rings (SSSR count). The van der Waals surface area contributed by atoms with Crippen molar-refractivity contribution in [3.63, 3.8) is 0 Å². The minimum Gasteiger partial charge on any atom is -0.381 e. The van der Waals surface area contributed by atoms with Crippen molar-refractivity contribution in [2.45, 2.75) is 32.6 Å². The smallest absolute Gasteiger partial charge is 0.0645 e. The van der Waals surface area contributed by atoms with Crippen molar-refractivity contribution in [1.82, 2.24) is 0 Å². The van der Waals surface area contributed by atoms with Crippen LogP contribution in [-0.2, 0) is 18.9 Å². The highest BCUT2D eigenvalue weighted by Gasteiger charge is 2.32. The van der Waals surface area contributed by atoms with E-state index >= 15 is 0 Å². The summed E-state index contributed by atoms with van der Waals surface area (Å²) in [6, 6.07) is 0. The van der Waals surface area contributed by atoms with Gasteiger partial charge in [-0.05, 0) is 32.6 Å². The van der Waals surface area contributed by atoms with E-state index in [4.69, 9.17) is 18.9 Å². The molecule has 0 unspecified atom stereocenters. The molecule has 140 valence electrons. The second kappa shape index (κ2) is 16.9. The maximum Gasteiger partial charge on any atom is 0.0645 e. The first-order valence-electron chi connectivity index (χ1n) is 8.88. The summed E-state index contributed by atoms with van der Waals surface area (Å²) in [6.45, 7) is 17.9. The number of hydrogen-bond acceptors (Lipinski definition) is 4. The quantitative estimate of drug-likeness (QED) is 0.261. The summed E-state index contributed by atoms with van der Waals surface area (Å²) in [5, 5.41) is 0. The number of allylic oxidation sites excluding steroid dienone is 2. The predicted octanol–water partition coefficient (Wildman–Crippen LogP) is 4.18. The van der Waals surface area contributed by atoms with Crippen molar-refractivity contribution in [3.8, 4) is 0 Å². The molecule has 0 radical (unpaired) electrons. The van der Waals surface area contributed by atoms with Crippen LogP contribution >= 0.6 is 0 Å². The Labute approximate surface area is 148 Å². The average Bonchev–Trinajstić information content (AvgIpc) is 2.59. The van der Waals surface area contributed by atoms with Gasteiger partial charge in [0.25, 0.3) is 0 Å². The van der Waals surface area contributed by atoms with Gasteiger partial charge >= 0.3 is 0 Å². The zero-order valence-electron chi connectivity index (χ0n) is 15.5. The van der Waals surface area contributed by atoms with Gasteiger partial charge in [-0.15, -0.1) is 19.7 Å². The van der Waals surface area contributed by atoms with Crippen LogP contribution in [0.1, 0.15) is 32.6 Å². The van der Waals surface area contributed by atoms with E-state index in [2.05, 4.69) is 19.7 Å². The van der Waals surface area contributed by atoms with E-state index in [1.807, 2.05) is 19.1 Å². The zero-order valence-corrected chi connectivity index (χ0v) is 15.5. The first kappa shape index (κ1) is 23.1. The Kier molecular flexibility index (Phi) is 16.2. The van der Waals surface area contributed by atoms with Gasteiger partial charge in [-0.1, -0.05) is 18.2 Å². The third-order valence-electron chi connectivity index (χ3n) is 3.47. The van der Waals surface area contributed by atoms with Crippen molar-refractivity contribution >= 4 is 0 Å². The molecule has 4 heteroatoms. The molecule has 0 aliphatic rings. The van der Waals surface area contributed by atoms with Crippen LogP contribution in [0.4, 0.5) is 0 Å². The van der Waals surface area contributed by atoms with Crippen LogP contribution < -0.4 is 0 Å². The monoisotopic (exact) mass is 340 g/mol. The molecule has 0 amide bonds. The Morgan fingerprint density at radius 2 is 1.21 bits per heavy atom. The lowest BCUT2D eigenvalue weighted by Gasteiger charge is -2.32. The molecule has 0 aromatic heterocycles. The van der Waals surface area contributed by atoms with Gasteiger partial charge in [0.2, 0.25) is 0 Å². The van der Waals surface area contributed by atoms with E-state index in [0.29, 0.717) is 52.9 Å². The summed E-state index contributed by atoms with van der Waals surface area (Å²) in [5.41, 5.74) is -0.290. The van der Waals surface area contributed by atoms with Crippen LogP contribution in [-0.4, -0.2) is 52.9 Å². The van der Waals surface area contributed by atoms with Crippen LogP contribution in [0.2, 0.25) is 0 Å². The van der Waals surface area contributed by atoms with Gasteiger partial charge in [0.15, 0.2) is 0 Å². The fourth-order valence-electron chi connectivity index (χ4n) is 2.16. The maximum atomic E-state index is 5.88. The molecule has 0 fully saturated rings. The SMILES string of the molecule is C=CCCCOCC(COCC)(COCC=C)COCCCC=C. The third kappa shape index (κ3) is 12.5. The Balaban J connectivity index is 4.54.